The number of carbonyl (C=O) groups is 3. The number of aryl methyl sites for hydroxylation is 1. The number of hydrogen-bond acceptors (Lipinski definition) is 5. The number of hydrogen-bond donors (Lipinski definition) is 3. The van der Waals surface area contributed by atoms with Crippen LogP contribution in [-0.2, 0) is 20.8 Å². The van der Waals surface area contributed by atoms with E-state index in [-0.39, 0.29) is 17.7 Å². The van der Waals surface area contributed by atoms with E-state index in [1.807, 2.05) is 37.3 Å². The summed E-state index contributed by atoms with van der Waals surface area (Å²) < 4.78 is 0. The van der Waals surface area contributed by atoms with Gasteiger partial charge in [0, 0.05) is 17.5 Å². The summed E-state index contributed by atoms with van der Waals surface area (Å²) in [4.78, 5) is 36.6. The normalized spacial score (nSPS) is 21.9. The molecule has 142 valence electrons. The van der Waals surface area contributed by atoms with Gasteiger partial charge in [-0.2, -0.15) is 11.8 Å². The molecule has 1 aromatic rings. The molecule has 1 heterocycles. The Bertz CT molecular complexity index is 640. The predicted molar refractivity (Wildman–Crippen MR) is 99.2 cm³/mol. The van der Waals surface area contributed by atoms with E-state index in [9.17, 15) is 19.5 Å². The first-order chi connectivity index (χ1) is 12.4. The molecule has 1 saturated heterocycles. The van der Waals surface area contributed by atoms with E-state index in [0.717, 1.165) is 5.56 Å². The van der Waals surface area contributed by atoms with Crippen molar-refractivity contribution in [3.63, 3.8) is 0 Å². The van der Waals surface area contributed by atoms with Gasteiger partial charge in [-0.1, -0.05) is 37.3 Å². The van der Waals surface area contributed by atoms with Crippen molar-refractivity contribution in [3.05, 3.63) is 35.9 Å². The molecule has 8 heteroatoms. The van der Waals surface area contributed by atoms with Crippen molar-refractivity contribution in [3.8, 4) is 0 Å². The van der Waals surface area contributed by atoms with E-state index in [4.69, 9.17) is 5.11 Å². The second-order valence-electron chi connectivity index (χ2n) is 6.39. The summed E-state index contributed by atoms with van der Waals surface area (Å²) in [6.07, 6.45) is 0.927. The smallest absolute Gasteiger partial charge is 0.323 e. The van der Waals surface area contributed by atoms with E-state index < -0.39 is 24.0 Å². The first-order valence-electron chi connectivity index (χ1n) is 8.51. The Morgan fingerprint density at radius 1 is 1.31 bits per heavy atom. The number of nitrogens with zero attached hydrogens (tertiary/aromatic N) is 1. The molecule has 1 aliphatic heterocycles. The molecular formula is C18H24N2O5S. The minimum absolute atomic E-state index is 0.0951. The Balaban J connectivity index is 2.04. The number of nitrogens with one attached hydrogen (secondary N) is 1. The molecule has 0 aromatic heterocycles. The molecule has 0 spiro atoms. The Kier molecular flexibility index (Phi) is 7.47. The van der Waals surface area contributed by atoms with Crippen molar-refractivity contribution in [2.45, 2.75) is 37.1 Å². The van der Waals surface area contributed by atoms with Crippen LogP contribution in [0.15, 0.2) is 30.3 Å². The lowest BCUT2D eigenvalue weighted by Gasteiger charge is -2.25. The topological polar surface area (TPSA) is 107 Å². The van der Waals surface area contributed by atoms with E-state index in [1.165, 1.54) is 16.7 Å². The van der Waals surface area contributed by atoms with Crippen LogP contribution in [0, 0.1) is 0 Å². The largest absolute Gasteiger partial charge is 0.480 e. The number of carboxylic acids is 2. The SMILES string of the molecule is CC1CN(CC(=O)O)C(=O)C(NC(CCc2ccccc2)C(=O)O)CS1. The van der Waals surface area contributed by atoms with Crippen LogP contribution >= 0.6 is 11.8 Å². The molecule has 1 amide bonds. The van der Waals surface area contributed by atoms with Crippen LogP contribution in [0.4, 0.5) is 0 Å². The maximum atomic E-state index is 12.7. The lowest BCUT2D eigenvalue weighted by molar-refractivity contribution is -0.146. The Morgan fingerprint density at radius 2 is 2.00 bits per heavy atom. The Morgan fingerprint density at radius 3 is 2.62 bits per heavy atom. The molecule has 26 heavy (non-hydrogen) atoms. The van der Waals surface area contributed by atoms with E-state index in [0.29, 0.717) is 25.1 Å². The third-order valence-electron chi connectivity index (χ3n) is 4.23. The fourth-order valence-corrected chi connectivity index (χ4v) is 3.95. The standard InChI is InChI=1S/C18H24N2O5S/c1-12-9-20(10-16(21)22)17(23)15(11-26-12)19-14(18(24)25)8-7-13-5-3-2-4-6-13/h2-6,12,14-15,19H,7-11H2,1H3,(H,21,22)(H,24,25). The first kappa shape index (κ1) is 20.3. The summed E-state index contributed by atoms with van der Waals surface area (Å²) >= 11 is 1.54. The minimum atomic E-state index is -1.07. The average Bonchev–Trinajstić information content (AvgIpc) is 2.71. The second-order valence-corrected chi connectivity index (χ2v) is 7.86. The van der Waals surface area contributed by atoms with Crippen molar-refractivity contribution in [2.24, 2.45) is 0 Å². The Labute approximate surface area is 156 Å². The number of aliphatic carboxylic acids is 2. The quantitative estimate of drug-likeness (QED) is 0.619. The summed E-state index contributed by atoms with van der Waals surface area (Å²) in [5.74, 6) is -2.02. The molecule has 1 aromatic carbocycles. The average molecular weight is 380 g/mol. The van der Waals surface area contributed by atoms with Crippen LogP contribution in [-0.4, -0.2) is 69.1 Å². The van der Waals surface area contributed by atoms with Gasteiger partial charge in [0.1, 0.15) is 12.6 Å². The Hall–Kier alpha value is -2.06. The van der Waals surface area contributed by atoms with Crippen molar-refractivity contribution < 1.29 is 24.6 Å². The number of amides is 1. The molecule has 0 radical (unpaired) electrons. The summed E-state index contributed by atoms with van der Waals surface area (Å²) in [6.45, 7) is 1.90. The van der Waals surface area contributed by atoms with Gasteiger partial charge in [-0.3, -0.25) is 19.7 Å². The highest BCUT2D eigenvalue weighted by molar-refractivity contribution is 8.00. The second kappa shape index (κ2) is 9.59. The summed E-state index contributed by atoms with van der Waals surface area (Å²) in [6, 6.07) is 7.98. The van der Waals surface area contributed by atoms with Crippen LogP contribution in [0.25, 0.3) is 0 Å². The predicted octanol–water partition coefficient (Wildman–Crippen LogP) is 1.08. The summed E-state index contributed by atoms with van der Waals surface area (Å²) in [5, 5.41) is 21.6. The van der Waals surface area contributed by atoms with Gasteiger partial charge >= 0.3 is 11.9 Å². The van der Waals surface area contributed by atoms with Crippen molar-refractivity contribution in [2.75, 3.05) is 18.8 Å². The summed E-state index contributed by atoms with van der Waals surface area (Å²) in [7, 11) is 0. The first-order valence-corrected chi connectivity index (χ1v) is 9.56. The molecule has 1 fully saturated rings. The molecule has 3 atom stereocenters. The fraction of sp³-hybridized carbons (Fsp3) is 0.500. The van der Waals surface area contributed by atoms with Gasteiger partial charge in [-0.05, 0) is 18.4 Å². The third-order valence-corrected chi connectivity index (χ3v) is 5.47. The maximum absolute atomic E-state index is 12.7. The molecule has 0 bridgehead atoms. The zero-order valence-electron chi connectivity index (χ0n) is 14.6. The highest BCUT2D eigenvalue weighted by atomic mass is 32.2. The molecule has 7 nitrogen and oxygen atoms in total. The number of rotatable bonds is 8. The van der Waals surface area contributed by atoms with Gasteiger partial charge in [-0.15, -0.1) is 0 Å². The van der Waals surface area contributed by atoms with Crippen LogP contribution in [0.2, 0.25) is 0 Å². The highest BCUT2D eigenvalue weighted by Gasteiger charge is 2.33. The van der Waals surface area contributed by atoms with Gasteiger partial charge in [0.2, 0.25) is 5.91 Å². The van der Waals surface area contributed by atoms with Crippen molar-refractivity contribution in [1.29, 1.82) is 0 Å². The van der Waals surface area contributed by atoms with Gasteiger partial charge < -0.3 is 15.1 Å². The van der Waals surface area contributed by atoms with Gasteiger partial charge in [-0.25, -0.2) is 0 Å². The minimum Gasteiger partial charge on any atom is -0.480 e. The van der Waals surface area contributed by atoms with Gasteiger partial charge in [0.05, 0.1) is 6.04 Å². The molecular weight excluding hydrogens is 356 g/mol. The molecule has 0 aliphatic carbocycles. The highest BCUT2D eigenvalue weighted by Crippen LogP contribution is 2.20. The van der Waals surface area contributed by atoms with Gasteiger partial charge in [0.15, 0.2) is 0 Å². The van der Waals surface area contributed by atoms with Crippen LogP contribution in [0.3, 0.4) is 0 Å². The zero-order chi connectivity index (χ0) is 19.1. The monoisotopic (exact) mass is 380 g/mol. The lowest BCUT2D eigenvalue weighted by atomic mass is 10.0. The number of benzene rings is 1. The van der Waals surface area contributed by atoms with Crippen LogP contribution < -0.4 is 5.32 Å². The maximum Gasteiger partial charge on any atom is 0.323 e. The van der Waals surface area contributed by atoms with Gasteiger partial charge in [0.25, 0.3) is 0 Å². The lowest BCUT2D eigenvalue weighted by Crippen LogP contribution is -2.53. The third kappa shape index (κ3) is 6.03. The fourth-order valence-electron chi connectivity index (χ4n) is 2.91. The van der Waals surface area contributed by atoms with Crippen molar-refractivity contribution >= 4 is 29.6 Å². The van der Waals surface area contributed by atoms with E-state index in [2.05, 4.69) is 5.32 Å². The zero-order valence-corrected chi connectivity index (χ0v) is 15.4. The summed E-state index contributed by atoms with van der Waals surface area (Å²) in [5.41, 5.74) is 1.03. The molecule has 0 saturated carbocycles. The number of carboxylic acid groups (broad SMARTS) is 2. The molecule has 2 rings (SSSR count). The van der Waals surface area contributed by atoms with Crippen molar-refractivity contribution in [1.82, 2.24) is 10.2 Å². The molecule has 3 unspecified atom stereocenters. The van der Waals surface area contributed by atoms with Crippen LogP contribution in [0.1, 0.15) is 18.9 Å². The van der Waals surface area contributed by atoms with E-state index in [1.54, 1.807) is 0 Å². The molecule has 1 aliphatic rings. The molecule has 3 N–H and O–H groups in total. The number of carbonyl (C=O) groups excluding carboxylic acids is 1. The van der Waals surface area contributed by atoms with E-state index >= 15 is 0 Å². The number of thioether (sulfide) groups is 1. The van der Waals surface area contributed by atoms with Crippen LogP contribution in [0.5, 0.6) is 0 Å².